The van der Waals surface area contributed by atoms with Crippen molar-refractivity contribution in [3.8, 4) is 0 Å². The van der Waals surface area contributed by atoms with Crippen LogP contribution in [-0.4, -0.2) is 23.4 Å². The summed E-state index contributed by atoms with van der Waals surface area (Å²) in [5.74, 6) is 0. The minimum absolute atomic E-state index is 0.0171. The van der Waals surface area contributed by atoms with Gasteiger partial charge in [-0.05, 0) is 19.8 Å². The molecule has 0 rings (SSSR count). The van der Waals surface area contributed by atoms with Crippen LogP contribution in [0.4, 0.5) is 0 Å². The lowest BCUT2D eigenvalue weighted by molar-refractivity contribution is -0.0632. The van der Waals surface area contributed by atoms with E-state index in [1.54, 1.807) is 0 Å². The van der Waals surface area contributed by atoms with Gasteiger partial charge in [-0.15, -0.1) is 6.58 Å². The number of unbranched alkanes of at least 4 members (excludes halogenated alkanes) is 1. The molecule has 0 N–H and O–H groups in total. The topological polar surface area (TPSA) is 18.5 Å². The van der Waals surface area contributed by atoms with Crippen molar-refractivity contribution in [3.63, 3.8) is 0 Å². The highest BCUT2D eigenvalue weighted by Crippen LogP contribution is 1.94. The molecule has 0 bridgehead atoms. The fraction of sp³-hybridized carbons (Fsp3) is 0.714. The van der Waals surface area contributed by atoms with Gasteiger partial charge >= 0.3 is 0 Å². The molecule has 1 unspecified atom stereocenters. The summed E-state index contributed by atoms with van der Waals surface area (Å²) in [7, 11) is 0.747. The van der Waals surface area contributed by atoms with Crippen molar-refractivity contribution in [2.24, 2.45) is 0 Å². The van der Waals surface area contributed by atoms with Crippen LogP contribution in [0.15, 0.2) is 12.7 Å². The number of hydrogen-bond donors (Lipinski definition) is 0. The number of ether oxygens (including phenoxy) is 1. The van der Waals surface area contributed by atoms with Crippen molar-refractivity contribution in [2.75, 3.05) is 6.61 Å². The van der Waals surface area contributed by atoms with Crippen LogP contribution < -0.4 is 0 Å². The molecule has 0 fully saturated rings. The maximum absolute atomic E-state index is 5.26. The lowest BCUT2D eigenvalue weighted by Crippen LogP contribution is -2.11. The van der Waals surface area contributed by atoms with E-state index >= 15 is 0 Å². The summed E-state index contributed by atoms with van der Waals surface area (Å²) in [6.07, 6.45) is 3.94. The molecule has 60 valence electrons. The van der Waals surface area contributed by atoms with Gasteiger partial charge in [-0.3, -0.25) is 0 Å². The fourth-order valence-electron chi connectivity index (χ4n) is 0.545. The Bertz CT molecular complexity index is 85.7. The maximum atomic E-state index is 5.26. The second kappa shape index (κ2) is 6.99. The van der Waals surface area contributed by atoms with Gasteiger partial charge in [0.1, 0.15) is 16.8 Å². The van der Waals surface area contributed by atoms with Crippen LogP contribution in [0.3, 0.4) is 0 Å². The highest BCUT2D eigenvalue weighted by molar-refractivity contribution is 5.98. The Balaban J connectivity index is 2.95. The number of allylic oxidation sites excluding steroid dienone is 1. The second-order valence-electron chi connectivity index (χ2n) is 2.11. The van der Waals surface area contributed by atoms with Crippen molar-refractivity contribution in [3.05, 3.63) is 12.7 Å². The molecule has 0 saturated carbocycles. The Labute approximate surface area is 65.8 Å². The van der Waals surface area contributed by atoms with E-state index in [0.29, 0.717) is 0 Å². The van der Waals surface area contributed by atoms with Gasteiger partial charge < -0.3 is 9.16 Å². The molecule has 2 nitrogen and oxygen atoms in total. The Morgan fingerprint density at radius 1 is 1.70 bits per heavy atom. The van der Waals surface area contributed by atoms with E-state index in [4.69, 9.17) is 9.16 Å². The van der Waals surface area contributed by atoms with Crippen molar-refractivity contribution in [1.29, 1.82) is 0 Å². The van der Waals surface area contributed by atoms with E-state index in [9.17, 15) is 0 Å². The van der Waals surface area contributed by atoms with Crippen molar-refractivity contribution in [1.82, 2.24) is 0 Å². The maximum Gasteiger partial charge on any atom is 0.149 e. The highest BCUT2D eigenvalue weighted by atomic mass is 28.2. The van der Waals surface area contributed by atoms with E-state index in [1.807, 2.05) is 13.0 Å². The summed E-state index contributed by atoms with van der Waals surface area (Å²) < 4.78 is 10.3. The van der Waals surface area contributed by atoms with Crippen LogP contribution >= 0.6 is 0 Å². The third kappa shape index (κ3) is 6.00. The van der Waals surface area contributed by atoms with Crippen molar-refractivity contribution < 1.29 is 9.16 Å². The SMILES string of the molecule is C=CCCCOC(C)O[SiH3]. The molecule has 3 heteroatoms. The Kier molecular flexibility index (Phi) is 6.90. The van der Waals surface area contributed by atoms with Gasteiger partial charge in [0, 0.05) is 6.61 Å². The van der Waals surface area contributed by atoms with Gasteiger partial charge in [0.2, 0.25) is 0 Å². The molecule has 10 heavy (non-hydrogen) atoms. The number of rotatable bonds is 6. The van der Waals surface area contributed by atoms with Gasteiger partial charge in [-0.1, -0.05) is 6.08 Å². The van der Waals surface area contributed by atoms with E-state index in [1.165, 1.54) is 0 Å². The predicted octanol–water partition coefficient (Wildman–Crippen LogP) is 0.612. The molecule has 0 aliphatic carbocycles. The predicted molar refractivity (Wildman–Crippen MR) is 45.9 cm³/mol. The zero-order chi connectivity index (χ0) is 7.82. The van der Waals surface area contributed by atoms with Crippen molar-refractivity contribution in [2.45, 2.75) is 26.1 Å². The van der Waals surface area contributed by atoms with Crippen LogP contribution in [0, 0.1) is 0 Å². The van der Waals surface area contributed by atoms with E-state index in [2.05, 4.69) is 6.58 Å². The molecular weight excluding hydrogens is 144 g/mol. The van der Waals surface area contributed by atoms with E-state index in [-0.39, 0.29) is 6.29 Å². The molecular formula is C7H16O2Si. The molecule has 0 radical (unpaired) electrons. The smallest absolute Gasteiger partial charge is 0.149 e. The summed E-state index contributed by atoms with van der Waals surface area (Å²) in [6, 6.07) is 0. The van der Waals surface area contributed by atoms with E-state index < -0.39 is 0 Å². The molecule has 0 spiro atoms. The second-order valence-corrected chi connectivity index (χ2v) is 2.58. The third-order valence-corrected chi connectivity index (χ3v) is 1.90. The summed E-state index contributed by atoms with van der Waals surface area (Å²) in [4.78, 5) is 0. The first-order valence-electron chi connectivity index (χ1n) is 3.56. The lowest BCUT2D eigenvalue weighted by Gasteiger charge is -2.10. The summed E-state index contributed by atoms with van der Waals surface area (Å²) in [6.45, 7) is 6.31. The average Bonchev–Trinajstić information content (AvgIpc) is 1.98. The van der Waals surface area contributed by atoms with Gasteiger partial charge in [0.15, 0.2) is 0 Å². The molecule has 0 aliphatic heterocycles. The zero-order valence-electron chi connectivity index (χ0n) is 6.80. The zero-order valence-corrected chi connectivity index (χ0v) is 8.80. The van der Waals surface area contributed by atoms with Crippen LogP contribution in [0.1, 0.15) is 19.8 Å². The Morgan fingerprint density at radius 3 is 2.90 bits per heavy atom. The average molecular weight is 160 g/mol. The van der Waals surface area contributed by atoms with Crippen molar-refractivity contribution >= 4 is 10.5 Å². The molecule has 0 aromatic carbocycles. The molecule has 0 aromatic heterocycles. The molecule has 0 amide bonds. The molecule has 0 heterocycles. The Morgan fingerprint density at radius 2 is 2.40 bits per heavy atom. The number of hydrogen-bond acceptors (Lipinski definition) is 2. The van der Waals surface area contributed by atoms with E-state index in [0.717, 1.165) is 29.9 Å². The first kappa shape index (κ1) is 9.88. The molecule has 0 saturated heterocycles. The largest absolute Gasteiger partial charge is 0.404 e. The molecule has 0 aromatic rings. The van der Waals surface area contributed by atoms with Gasteiger partial charge in [-0.25, -0.2) is 0 Å². The van der Waals surface area contributed by atoms with Gasteiger partial charge in [-0.2, -0.15) is 0 Å². The first-order valence-corrected chi connectivity index (χ1v) is 4.38. The van der Waals surface area contributed by atoms with Gasteiger partial charge in [0.25, 0.3) is 0 Å². The minimum Gasteiger partial charge on any atom is -0.404 e. The monoisotopic (exact) mass is 160 g/mol. The summed E-state index contributed by atoms with van der Waals surface area (Å²) in [5.41, 5.74) is 0. The first-order chi connectivity index (χ1) is 4.81. The summed E-state index contributed by atoms with van der Waals surface area (Å²) in [5, 5.41) is 0. The van der Waals surface area contributed by atoms with Gasteiger partial charge in [0.05, 0.1) is 0 Å². The van der Waals surface area contributed by atoms with Crippen LogP contribution in [0.2, 0.25) is 0 Å². The standard InChI is InChI=1S/C7H16O2Si/c1-3-4-5-6-8-7(2)9-10/h3,7H,1,4-6H2,2,10H3. The Hall–Kier alpha value is -0.123. The van der Waals surface area contributed by atoms with Crippen LogP contribution in [-0.2, 0) is 9.16 Å². The molecule has 0 aliphatic rings. The fourth-order valence-corrected chi connectivity index (χ4v) is 0.681. The lowest BCUT2D eigenvalue weighted by atomic mass is 10.3. The minimum atomic E-state index is -0.0171. The third-order valence-electron chi connectivity index (χ3n) is 1.24. The van der Waals surface area contributed by atoms with Crippen LogP contribution in [0.5, 0.6) is 0 Å². The quantitative estimate of drug-likeness (QED) is 0.245. The normalized spacial score (nSPS) is 13.3. The highest BCUT2D eigenvalue weighted by Gasteiger charge is 1.94. The molecule has 1 atom stereocenters. The summed E-state index contributed by atoms with van der Waals surface area (Å²) >= 11 is 0. The van der Waals surface area contributed by atoms with Crippen LogP contribution in [0.25, 0.3) is 0 Å².